The number of rotatable bonds is 6. The molecule has 0 spiro atoms. The Morgan fingerprint density at radius 1 is 1.07 bits per heavy atom. The first-order chi connectivity index (χ1) is 13.8. The van der Waals surface area contributed by atoms with Crippen LogP contribution in [-0.2, 0) is 4.79 Å². The van der Waals surface area contributed by atoms with Crippen LogP contribution in [0.4, 0.5) is 13.9 Å². The molecular weight excluding hydrogens is 396 g/mol. The number of nitrogens with one attached hydrogen (secondary N) is 2. The summed E-state index contributed by atoms with van der Waals surface area (Å²) in [7, 11) is 0. The Bertz CT molecular complexity index is 1070. The maximum Gasteiger partial charge on any atom is 0.254 e. The average Bonchev–Trinajstić information content (AvgIpc) is 3.12. The molecule has 29 heavy (non-hydrogen) atoms. The van der Waals surface area contributed by atoms with Crippen LogP contribution >= 0.6 is 11.3 Å². The van der Waals surface area contributed by atoms with E-state index in [1.54, 1.807) is 0 Å². The molecule has 8 heteroatoms. The first kappa shape index (κ1) is 20.6. The van der Waals surface area contributed by atoms with Crippen LogP contribution in [0.25, 0.3) is 11.3 Å². The lowest BCUT2D eigenvalue weighted by molar-refractivity contribution is -0.116. The van der Waals surface area contributed by atoms with Crippen LogP contribution in [0.3, 0.4) is 0 Å². The third-order valence-corrected chi connectivity index (χ3v) is 5.12. The number of benzene rings is 2. The molecule has 0 saturated heterocycles. The molecule has 0 unspecified atom stereocenters. The molecule has 3 rings (SSSR count). The van der Waals surface area contributed by atoms with Gasteiger partial charge in [0, 0.05) is 30.0 Å². The Morgan fingerprint density at radius 2 is 1.86 bits per heavy atom. The van der Waals surface area contributed by atoms with Gasteiger partial charge in [0.2, 0.25) is 5.91 Å². The molecule has 0 radical (unpaired) electrons. The molecule has 150 valence electrons. The van der Waals surface area contributed by atoms with E-state index in [2.05, 4.69) is 15.6 Å². The number of nitrogens with zero attached hydrogens (tertiary/aromatic N) is 1. The third-order valence-electron chi connectivity index (χ3n) is 4.37. The van der Waals surface area contributed by atoms with Gasteiger partial charge in [0.25, 0.3) is 5.91 Å². The van der Waals surface area contributed by atoms with Gasteiger partial charge in [-0.15, -0.1) is 11.3 Å². The van der Waals surface area contributed by atoms with E-state index in [0.717, 1.165) is 29.0 Å². The minimum absolute atomic E-state index is 0.00684. The number of hydrogen-bond donors (Lipinski definition) is 2. The Morgan fingerprint density at radius 3 is 2.59 bits per heavy atom. The van der Waals surface area contributed by atoms with Crippen LogP contribution < -0.4 is 10.6 Å². The standard InChI is InChI=1S/C21H19F2N3O2S/c1-12-3-4-14(9-13(12)2)18-11-29-21(25-18)26-19(27)7-8-24-20(28)16-6-5-15(22)10-17(16)23/h3-6,9-11H,7-8H2,1-2H3,(H,24,28)(H,25,26,27). The van der Waals surface area contributed by atoms with Crippen molar-refractivity contribution in [2.45, 2.75) is 20.3 Å². The largest absolute Gasteiger partial charge is 0.351 e. The molecule has 2 amide bonds. The van der Waals surface area contributed by atoms with Crippen molar-refractivity contribution in [1.82, 2.24) is 10.3 Å². The summed E-state index contributed by atoms with van der Waals surface area (Å²) >= 11 is 1.31. The molecule has 2 aromatic carbocycles. The average molecular weight is 415 g/mol. The van der Waals surface area contributed by atoms with E-state index in [4.69, 9.17) is 0 Å². The van der Waals surface area contributed by atoms with Crippen molar-refractivity contribution in [2.24, 2.45) is 0 Å². The van der Waals surface area contributed by atoms with Crippen molar-refractivity contribution in [2.75, 3.05) is 11.9 Å². The van der Waals surface area contributed by atoms with Gasteiger partial charge in [-0.25, -0.2) is 13.8 Å². The van der Waals surface area contributed by atoms with E-state index < -0.39 is 17.5 Å². The number of anilines is 1. The number of thiazole rings is 1. The lowest BCUT2D eigenvalue weighted by Gasteiger charge is -2.06. The molecule has 5 nitrogen and oxygen atoms in total. The van der Waals surface area contributed by atoms with Crippen molar-refractivity contribution >= 4 is 28.3 Å². The van der Waals surface area contributed by atoms with Gasteiger partial charge < -0.3 is 10.6 Å². The molecule has 0 aliphatic carbocycles. The van der Waals surface area contributed by atoms with Crippen LogP contribution in [0.15, 0.2) is 41.8 Å². The molecule has 1 heterocycles. The highest BCUT2D eigenvalue weighted by Gasteiger charge is 2.13. The molecule has 0 fully saturated rings. The Labute approximate surface area is 170 Å². The SMILES string of the molecule is Cc1ccc(-c2csc(NC(=O)CCNC(=O)c3ccc(F)cc3F)n2)cc1C. The smallest absolute Gasteiger partial charge is 0.254 e. The van der Waals surface area contributed by atoms with Crippen LogP contribution in [0.5, 0.6) is 0 Å². The fraction of sp³-hybridized carbons (Fsp3) is 0.190. The van der Waals surface area contributed by atoms with Gasteiger partial charge in [0.1, 0.15) is 11.6 Å². The lowest BCUT2D eigenvalue weighted by Crippen LogP contribution is -2.28. The normalized spacial score (nSPS) is 10.6. The monoisotopic (exact) mass is 415 g/mol. The van der Waals surface area contributed by atoms with Gasteiger partial charge in [0.05, 0.1) is 11.3 Å². The number of aromatic nitrogens is 1. The van der Waals surface area contributed by atoms with Crippen molar-refractivity contribution < 1.29 is 18.4 Å². The van der Waals surface area contributed by atoms with E-state index in [1.807, 2.05) is 37.4 Å². The highest BCUT2D eigenvalue weighted by Crippen LogP contribution is 2.26. The maximum atomic E-state index is 13.6. The first-order valence-corrected chi connectivity index (χ1v) is 9.77. The number of hydrogen-bond acceptors (Lipinski definition) is 4. The Hall–Kier alpha value is -3.13. The van der Waals surface area contributed by atoms with E-state index in [-0.39, 0.29) is 24.4 Å². The van der Waals surface area contributed by atoms with Gasteiger partial charge in [-0.05, 0) is 43.2 Å². The Balaban J connectivity index is 1.51. The minimum Gasteiger partial charge on any atom is -0.351 e. The third kappa shape index (κ3) is 5.23. The summed E-state index contributed by atoms with van der Waals surface area (Å²) in [4.78, 5) is 28.4. The summed E-state index contributed by atoms with van der Waals surface area (Å²) < 4.78 is 26.5. The van der Waals surface area contributed by atoms with E-state index in [0.29, 0.717) is 11.2 Å². The van der Waals surface area contributed by atoms with Crippen molar-refractivity contribution in [3.8, 4) is 11.3 Å². The molecule has 0 saturated carbocycles. The summed E-state index contributed by atoms with van der Waals surface area (Å²) in [5, 5.41) is 7.44. The predicted molar refractivity (Wildman–Crippen MR) is 109 cm³/mol. The first-order valence-electron chi connectivity index (χ1n) is 8.90. The summed E-state index contributed by atoms with van der Waals surface area (Å²) in [6, 6.07) is 8.74. The van der Waals surface area contributed by atoms with Crippen LogP contribution in [-0.4, -0.2) is 23.3 Å². The quantitative estimate of drug-likeness (QED) is 0.624. The summed E-state index contributed by atoms with van der Waals surface area (Å²) in [5.41, 5.74) is 3.83. The van der Waals surface area contributed by atoms with Crippen LogP contribution in [0.1, 0.15) is 27.9 Å². The molecule has 0 aliphatic heterocycles. The molecule has 2 N–H and O–H groups in total. The second-order valence-corrected chi connectivity index (χ2v) is 7.37. The lowest BCUT2D eigenvalue weighted by atomic mass is 10.1. The number of amides is 2. The fourth-order valence-corrected chi connectivity index (χ4v) is 3.34. The molecule has 1 aromatic heterocycles. The van der Waals surface area contributed by atoms with E-state index in [1.165, 1.54) is 16.9 Å². The van der Waals surface area contributed by atoms with Gasteiger partial charge >= 0.3 is 0 Å². The van der Waals surface area contributed by atoms with Crippen LogP contribution in [0, 0.1) is 25.5 Å². The number of carbonyl (C=O) groups excluding carboxylic acids is 2. The Kier molecular flexibility index (Phi) is 6.33. The molecule has 0 bridgehead atoms. The minimum atomic E-state index is -0.950. The summed E-state index contributed by atoms with van der Waals surface area (Å²) in [6.45, 7) is 4.08. The van der Waals surface area contributed by atoms with Gasteiger partial charge in [0.15, 0.2) is 5.13 Å². The van der Waals surface area contributed by atoms with E-state index in [9.17, 15) is 18.4 Å². The van der Waals surface area contributed by atoms with Gasteiger partial charge in [-0.2, -0.15) is 0 Å². The van der Waals surface area contributed by atoms with Crippen molar-refractivity contribution in [3.63, 3.8) is 0 Å². The van der Waals surface area contributed by atoms with Crippen molar-refractivity contribution in [3.05, 3.63) is 70.1 Å². The highest BCUT2D eigenvalue weighted by atomic mass is 32.1. The zero-order chi connectivity index (χ0) is 21.0. The fourth-order valence-electron chi connectivity index (χ4n) is 2.60. The summed E-state index contributed by atoms with van der Waals surface area (Å²) in [6.07, 6.45) is -0.00684. The number of aryl methyl sites for hydroxylation is 2. The number of carbonyl (C=O) groups is 2. The molecule has 0 aliphatic rings. The second kappa shape index (κ2) is 8.91. The topological polar surface area (TPSA) is 71.1 Å². The van der Waals surface area contributed by atoms with Crippen LogP contribution in [0.2, 0.25) is 0 Å². The van der Waals surface area contributed by atoms with Gasteiger partial charge in [-0.3, -0.25) is 9.59 Å². The summed E-state index contributed by atoms with van der Waals surface area (Å²) in [5.74, 6) is -2.75. The second-order valence-electron chi connectivity index (χ2n) is 6.52. The van der Waals surface area contributed by atoms with Crippen molar-refractivity contribution in [1.29, 1.82) is 0 Å². The maximum absolute atomic E-state index is 13.6. The highest BCUT2D eigenvalue weighted by molar-refractivity contribution is 7.14. The predicted octanol–water partition coefficient (Wildman–Crippen LogP) is 4.46. The molecule has 3 aromatic rings. The van der Waals surface area contributed by atoms with Gasteiger partial charge in [-0.1, -0.05) is 12.1 Å². The molecule has 0 atom stereocenters. The zero-order valence-electron chi connectivity index (χ0n) is 15.9. The zero-order valence-corrected chi connectivity index (χ0v) is 16.7. The molecular formula is C21H19F2N3O2S. The van der Waals surface area contributed by atoms with E-state index >= 15 is 0 Å². The number of halogens is 2.